The maximum Gasteiger partial charge on any atom is 0.402 e. The molecule has 0 radical (unpaired) electrons. The smallest absolute Gasteiger partial charge is 0.271 e. The molecule has 1 rings (SSSR count). The summed E-state index contributed by atoms with van der Waals surface area (Å²) in [6.07, 6.45) is -4.72. The minimum absolute atomic E-state index is 0.0302. The van der Waals surface area contributed by atoms with E-state index in [0.29, 0.717) is 0 Å². The van der Waals surface area contributed by atoms with Crippen molar-refractivity contribution in [2.75, 3.05) is 11.3 Å². The van der Waals surface area contributed by atoms with Gasteiger partial charge in [-0.3, -0.25) is 4.72 Å². The molecule has 0 aliphatic rings. The molecule has 120 valence electrons. The molecule has 0 atom stereocenters. The number of nitrogens with two attached hydrogens (primary N) is 1. The summed E-state index contributed by atoms with van der Waals surface area (Å²) >= 11 is 0. The van der Waals surface area contributed by atoms with E-state index in [1.165, 1.54) is 23.8 Å². The molecule has 7 nitrogen and oxygen atoms in total. The van der Waals surface area contributed by atoms with Crippen molar-refractivity contribution in [1.29, 1.82) is 0 Å². The van der Waals surface area contributed by atoms with Gasteiger partial charge in [-0.25, -0.2) is 13.6 Å². The summed E-state index contributed by atoms with van der Waals surface area (Å²) in [7, 11) is -8.59. The summed E-state index contributed by atoms with van der Waals surface area (Å²) < 4.78 is 84.5. The highest BCUT2D eigenvalue weighted by Gasteiger charge is 2.29. The number of halogens is 3. The molecule has 0 aliphatic carbocycles. The van der Waals surface area contributed by atoms with Crippen LogP contribution >= 0.6 is 0 Å². The highest BCUT2D eigenvalue weighted by Crippen LogP contribution is 2.22. The van der Waals surface area contributed by atoms with E-state index in [4.69, 9.17) is 5.14 Å². The van der Waals surface area contributed by atoms with E-state index in [-0.39, 0.29) is 16.1 Å². The zero-order chi connectivity index (χ0) is 16.5. The third kappa shape index (κ3) is 5.49. The molecular weight excluding hydrogens is 335 g/mol. The number of anilines is 1. The van der Waals surface area contributed by atoms with Gasteiger partial charge in [-0.2, -0.15) is 26.3 Å². The van der Waals surface area contributed by atoms with E-state index in [1.54, 1.807) is 0 Å². The van der Waals surface area contributed by atoms with Crippen LogP contribution in [0.3, 0.4) is 0 Å². The molecule has 12 heteroatoms. The van der Waals surface area contributed by atoms with Crippen LogP contribution in [0.1, 0.15) is 5.56 Å². The highest BCUT2D eigenvalue weighted by atomic mass is 32.2. The second-order valence-corrected chi connectivity index (χ2v) is 7.05. The lowest BCUT2D eigenvalue weighted by Crippen LogP contribution is -2.37. The van der Waals surface area contributed by atoms with Crippen molar-refractivity contribution in [1.82, 2.24) is 4.72 Å². The van der Waals surface area contributed by atoms with Gasteiger partial charge in [-0.15, -0.1) is 0 Å². The predicted octanol–water partition coefficient (Wildman–Crippen LogP) is 0.451. The predicted molar refractivity (Wildman–Crippen MR) is 69.2 cm³/mol. The molecule has 21 heavy (non-hydrogen) atoms. The second kappa shape index (κ2) is 5.79. The van der Waals surface area contributed by atoms with Crippen LogP contribution in [-0.4, -0.2) is 29.6 Å². The average molecular weight is 347 g/mol. The molecule has 0 unspecified atom stereocenters. The van der Waals surface area contributed by atoms with E-state index in [1.807, 2.05) is 4.72 Å². The van der Waals surface area contributed by atoms with Gasteiger partial charge in [0.2, 0.25) is 10.0 Å². The van der Waals surface area contributed by atoms with Crippen molar-refractivity contribution in [3.05, 3.63) is 23.8 Å². The second-order valence-electron chi connectivity index (χ2n) is 4.02. The zero-order valence-electron chi connectivity index (χ0n) is 10.6. The Labute approximate surface area is 119 Å². The minimum atomic E-state index is -4.72. The number of hydrogen-bond acceptors (Lipinski definition) is 4. The monoisotopic (exact) mass is 347 g/mol. The molecule has 1 aromatic rings. The number of sulfonamides is 1. The molecule has 0 saturated heterocycles. The first kappa shape index (κ1) is 17.7. The number of benzene rings is 1. The van der Waals surface area contributed by atoms with Gasteiger partial charge >= 0.3 is 6.18 Å². The van der Waals surface area contributed by atoms with Crippen molar-refractivity contribution in [2.45, 2.75) is 18.0 Å². The van der Waals surface area contributed by atoms with Crippen LogP contribution in [-0.2, 0) is 20.2 Å². The van der Waals surface area contributed by atoms with Gasteiger partial charge in [-0.05, 0) is 24.6 Å². The molecule has 0 aliphatic heterocycles. The van der Waals surface area contributed by atoms with Gasteiger partial charge in [0.15, 0.2) is 0 Å². The van der Waals surface area contributed by atoms with Crippen molar-refractivity contribution < 1.29 is 30.0 Å². The maximum absolute atomic E-state index is 12.0. The Morgan fingerprint density at radius 1 is 1.19 bits per heavy atom. The fraction of sp³-hybridized carbons (Fsp3) is 0.333. The fourth-order valence-corrected chi connectivity index (χ4v) is 3.13. The number of alkyl halides is 3. The van der Waals surface area contributed by atoms with Crippen LogP contribution in [0.5, 0.6) is 0 Å². The van der Waals surface area contributed by atoms with E-state index in [9.17, 15) is 30.0 Å². The van der Waals surface area contributed by atoms with E-state index in [0.717, 1.165) is 6.07 Å². The minimum Gasteiger partial charge on any atom is -0.271 e. The lowest BCUT2D eigenvalue weighted by atomic mass is 10.2. The standard InChI is InChI=1S/C9H12F3N3O4S2/c1-6-7(3-2-4-8(6)20(13,16)17)15-21(18,19)14-5-9(10,11)12/h2-4,14-15H,5H2,1H3,(H2,13,16,17). The summed E-state index contributed by atoms with van der Waals surface area (Å²) in [5.74, 6) is 0. The van der Waals surface area contributed by atoms with Gasteiger partial charge in [0, 0.05) is 0 Å². The Hall–Kier alpha value is -1.37. The van der Waals surface area contributed by atoms with E-state index >= 15 is 0 Å². The van der Waals surface area contributed by atoms with E-state index < -0.39 is 33.0 Å². The largest absolute Gasteiger partial charge is 0.402 e. The van der Waals surface area contributed by atoms with Gasteiger partial charge < -0.3 is 0 Å². The molecule has 0 spiro atoms. The lowest BCUT2D eigenvalue weighted by molar-refractivity contribution is -0.121. The number of hydrogen-bond donors (Lipinski definition) is 3. The molecule has 0 aromatic heterocycles. The SMILES string of the molecule is Cc1c(NS(=O)(=O)NCC(F)(F)F)cccc1S(N)(=O)=O. The third-order valence-electron chi connectivity index (χ3n) is 2.30. The molecule has 1 aromatic carbocycles. The number of nitrogens with one attached hydrogen (secondary N) is 2. The summed E-state index contributed by atoms with van der Waals surface area (Å²) in [6, 6.07) is 3.54. The first-order valence-electron chi connectivity index (χ1n) is 5.28. The van der Waals surface area contributed by atoms with Crippen molar-refractivity contribution in [3.8, 4) is 0 Å². The molecular formula is C9H12F3N3O4S2. The van der Waals surface area contributed by atoms with Crippen LogP contribution in [0.2, 0.25) is 0 Å². The summed E-state index contributed by atoms with van der Waals surface area (Å²) in [4.78, 5) is -0.335. The fourth-order valence-electron chi connectivity index (χ4n) is 1.39. The Morgan fingerprint density at radius 3 is 2.24 bits per heavy atom. The number of primary sulfonamides is 1. The molecule has 0 bridgehead atoms. The van der Waals surface area contributed by atoms with Crippen LogP contribution < -0.4 is 14.6 Å². The van der Waals surface area contributed by atoms with Crippen molar-refractivity contribution in [2.24, 2.45) is 5.14 Å². The highest BCUT2D eigenvalue weighted by molar-refractivity contribution is 7.90. The Balaban J connectivity index is 3.04. The Bertz CT molecular complexity index is 729. The normalized spacial score (nSPS) is 13.2. The quantitative estimate of drug-likeness (QED) is 0.716. The summed E-state index contributed by atoms with van der Waals surface area (Å²) in [5, 5.41) is 4.94. The van der Waals surface area contributed by atoms with Crippen LogP contribution in [0.4, 0.5) is 18.9 Å². The Kier molecular flexibility index (Phi) is 4.87. The van der Waals surface area contributed by atoms with Gasteiger partial charge in [0.25, 0.3) is 10.2 Å². The molecule has 0 heterocycles. The first-order valence-corrected chi connectivity index (χ1v) is 8.31. The van der Waals surface area contributed by atoms with Crippen LogP contribution in [0, 0.1) is 6.92 Å². The van der Waals surface area contributed by atoms with Crippen molar-refractivity contribution in [3.63, 3.8) is 0 Å². The summed E-state index contributed by atoms with van der Waals surface area (Å²) in [6.45, 7) is -0.488. The maximum atomic E-state index is 12.0. The number of rotatable bonds is 5. The van der Waals surface area contributed by atoms with E-state index in [2.05, 4.69) is 0 Å². The average Bonchev–Trinajstić information content (AvgIpc) is 2.27. The van der Waals surface area contributed by atoms with Gasteiger partial charge in [0.1, 0.15) is 6.54 Å². The summed E-state index contributed by atoms with van der Waals surface area (Å²) in [5.41, 5.74) is -0.228. The van der Waals surface area contributed by atoms with Gasteiger partial charge in [-0.1, -0.05) is 6.07 Å². The first-order chi connectivity index (χ1) is 9.32. The Morgan fingerprint density at radius 2 is 1.76 bits per heavy atom. The molecule has 0 fully saturated rings. The lowest BCUT2D eigenvalue weighted by Gasteiger charge is -2.14. The van der Waals surface area contributed by atoms with Crippen molar-refractivity contribution >= 4 is 25.9 Å². The molecule has 0 amide bonds. The zero-order valence-corrected chi connectivity index (χ0v) is 12.2. The molecule has 0 saturated carbocycles. The van der Waals surface area contributed by atoms with Gasteiger partial charge in [0.05, 0.1) is 10.6 Å². The third-order valence-corrected chi connectivity index (χ3v) is 4.37. The van der Waals surface area contributed by atoms with Crippen LogP contribution in [0.25, 0.3) is 0 Å². The topological polar surface area (TPSA) is 118 Å². The molecule has 4 N–H and O–H groups in total. The van der Waals surface area contributed by atoms with Crippen LogP contribution in [0.15, 0.2) is 23.1 Å².